The first kappa shape index (κ1) is 20.1. The molecule has 1 aliphatic rings. The molecule has 0 aromatic heterocycles. The maximum Gasteiger partial charge on any atom is 0.225 e. The van der Waals surface area contributed by atoms with Gasteiger partial charge in [-0.05, 0) is 60.9 Å². The van der Waals surface area contributed by atoms with Crippen LogP contribution in [0, 0.1) is 18.3 Å². The van der Waals surface area contributed by atoms with E-state index < -0.39 is 0 Å². The maximum absolute atomic E-state index is 12.9. The van der Waals surface area contributed by atoms with Gasteiger partial charge >= 0.3 is 0 Å². The molecule has 28 heavy (non-hydrogen) atoms. The van der Waals surface area contributed by atoms with Gasteiger partial charge in [0.25, 0.3) is 0 Å². The van der Waals surface area contributed by atoms with Crippen LogP contribution in [0.3, 0.4) is 0 Å². The van der Waals surface area contributed by atoms with Crippen LogP contribution < -0.4 is 0 Å². The van der Waals surface area contributed by atoms with Crippen LogP contribution in [0.2, 0.25) is 0 Å². The third-order valence-corrected chi connectivity index (χ3v) is 5.83. The van der Waals surface area contributed by atoms with Gasteiger partial charge in [-0.15, -0.1) is 6.42 Å². The molecule has 1 aliphatic heterocycles. The number of hydrogen-bond donors (Lipinski definition) is 0. The van der Waals surface area contributed by atoms with E-state index in [2.05, 4.69) is 29.9 Å². The summed E-state index contributed by atoms with van der Waals surface area (Å²) in [6.45, 7) is 3.98. The van der Waals surface area contributed by atoms with E-state index in [1.807, 2.05) is 18.2 Å². The average Bonchev–Trinajstić information content (AvgIpc) is 2.75. The lowest BCUT2D eigenvalue weighted by Crippen LogP contribution is -2.39. The summed E-state index contributed by atoms with van der Waals surface area (Å²) in [6, 6.07) is 9.97. The van der Waals surface area contributed by atoms with E-state index in [0.717, 1.165) is 68.7 Å². The van der Waals surface area contributed by atoms with Crippen molar-refractivity contribution in [1.82, 2.24) is 4.90 Å². The first-order valence-corrected chi connectivity index (χ1v) is 10.4. The number of carbonyl (C=O) groups is 2. The first-order chi connectivity index (χ1) is 13.7. The summed E-state index contributed by atoms with van der Waals surface area (Å²) >= 11 is 0. The lowest BCUT2D eigenvalue weighted by Gasteiger charge is -2.30. The minimum Gasteiger partial charge on any atom is -0.342 e. The lowest BCUT2D eigenvalue weighted by molar-refractivity contribution is -0.136. The molecule has 2 aromatic carbocycles. The Morgan fingerprint density at radius 3 is 2.68 bits per heavy atom. The van der Waals surface area contributed by atoms with Crippen molar-refractivity contribution >= 4 is 23.0 Å². The zero-order valence-corrected chi connectivity index (χ0v) is 16.7. The number of likely N-dealkylation sites (tertiary alicyclic amines) is 1. The number of piperidine rings is 1. The number of aryl methyl sites for hydroxylation is 1. The molecule has 1 unspecified atom stereocenters. The maximum atomic E-state index is 12.9. The van der Waals surface area contributed by atoms with Crippen LogP contribution in [-0.4, -0.2) is 30.2 Å². The Balaban J connectivity index is 0.00000300. The van der Waals surface area contributed by atoms with Gasteiger partial charge in [-0.1, -0.05) is 43.5 Å². The summed E-state index contributed by atoms with van der Waals surface area (Å²) < 4.78 is 0. The predicted octanol–water partition coefficient (Wildman–Crippen LogP) is 5.11. The van der Waals surface area contributed by atoms with E-state index in [1.165, 1.54) is 12.0 Å². The van der Waals surface area contributed by atoms with Crippen LogP contribution in [0.25, 0.3) is 10.8 Å². The number of benzene rings is 2. The fraction of sp³-hybridized carbons (Fsp3) is 0.440. The summed E-state index contributed by atoms with van der Waals surface area (Å²) in [4.78, 5) is 26.5. The van der Waals surface area contributed by atoms with E-state index in [0.29, 0.717) is 17.0 Å². The molecule has 1 radical (unpaired) electrons. The van der Waals surface area contributed by atoms with Gasteiger partial charge in [0.15, 0.2) is 6.29 Å². The second-order valence-electron chi connectivity index (χ2n) is 7.75. The molecule has 1 amide bonds. The molecule has 147 valence electrons. The summed E-state index contributed by atoms with van der Waals surface area (Å²) in [7, 11) is 0. The van der Waals surface area contributed by atoms with Crippen LogP contribution in [-0.2, 0) is 11.2 Å². The minimum absolute atomic E-state index is 0. The molecule has 1 heterocycles. The number of hydrogen-bond acceptors (Lipinski definition) is 2. The fourth-order valence-electron chi connectivity index (χ4n) is 4.26. The van der Waals surface area contributed by atoms with Crippen LogP contribution in [0.15, 0.2) is 30.3 Å². The molecule has 3 nitrogen and oxygen atoms in total. The van der Waals surface area contributed by atoms with Gasteiger partial charge in [-0.2, -0.15) is 0 Å². The van der Waals surface area contributed by atoms with Crippen molar-refractivity contribution in [1.29, 1.82) is 0 Å². The molecule has 3 heteroatoms. The number of aldehydes is 1. The molecule has 1 fully saturated rings. The van der Waals surface area contributed by atoms with Gasteiger partial charge in [0.05, 0.1) is 0 Å². The SMILES string of the molecule is C#Cc1ccc2cc(CCC(CCC)C(=O)N3CCCCC3)ccc2c1C=O.[H]. The average molecular weight is 377 g/mol. The van der Waals surface area contributed by atoms with E-state index in [4.69, 9.17) is 6.42 Å². The van der Waals surface area contributed by atoms with E-state index in [-0.39, 0.29) is 7.34 Å². The van der Waals surface area contributed by atoms with E-state index in [1.54, 1.807) is 0 Å². The van der Waals surface area contributed by atoms with Gasteiger partial charge < -0.3 is 4.90 Å². The molecule has 0 bridgehead atoms. The van der Waals surface area contributed by atoms with Gasteiger partial charge in [0, 0.05) is 31.6 Å². The first-order valence-electron chi connectivity index (χ1n) is 10.4. The number of carbonyl (C=O) groups excluding carboxylic acids is 2. The smallest absolute Gasteiger partial charge is 0.225 e. The Morgan fingerprint density at radius 2 is 2.00 bits per heavy atom. The molecular formula is C25H30NO2. The zero-order valence-electron chi connectivity index (χ0n) is 17.7. The minimum atomic E-state index is 0. The van der Waals surface area contributed by atoms with E-state index in [9.17, 15) is 9.59 Å². The number of nitrogens with zero attached hydrogens (tertiary/aromatic N) is 1. The van der Waals surface area contributed by atoms with E-state index >= 15 is 0 Å². The summed E-state index contributed by atoms with van der Waals surface area (Å²) in [6.07, 6.45) is 13.6. The number of terminal acetylenes is 1. The largest absolute Gasteiger partial charge is 0.342 e. The summed E-state index contributed by atoms with van der Waals surface area (Å²) in [5, 5.41) is 1.91. The highest BCUT2D eigenvalue weighted by molar-refractivity contribution is 6.00. The normalized spacial score (nSPS) is 15.2. The molecule has 3 rings (SSSR count). The predicted molar refractivity (Wildman–Crippen MR) is 116 cm³/mol. The van der Waals surface area contributed by atoms with Crippen LogP contribution in [0.5, 0.6) is 0 Å². The highest BCUT2D eigenvalue weighted by atomic mass is 16.2. The standard InChI is InChI=1S/C25H29NO2.H/c1-3-8-21(25(28)26-15-6-5-7-16-26)11-9-19-10-14-23-22(17-19)13-12-20(4-2)24(23)18-27;/h2,10,12-14,17-18,21H,3,5-9,11,15-16H2,1H3;. The van der Waals surface area contributed by atoms with Gasteiger partial charge in [-0.3, -0.25) is 9.59 Å². The Kier molecular flexibility index (Phi) is 6.87. The van der Waals surface area contributed by atoms with Crippen molar-refractivity contribution in [3.05, 3.63) is 47.0 Å². The second kappa shape index (κ2) is 9.55. The Hall–Kier alpha value is -2.60. The molecular weight excluding hydrogens is 346 g/mol. The molecule has 0 aliphatic carbocycles. The Morgan fingerprint density at radius 1 is 1.21 bits per heavy atom. The van der Waals surface area contributed by atoms with Crippen LogP contribution in [0.4, 0.5) is 0 Å². The highest BCUT2D eigenvalue weighted by Gasteiger charge is 2.24. The van der Waals surface area contributed by atoms with Crippen molar-refractivity contribution in [3.8, 4) is 12.3 Å². The number of fused-ring (bicyclic) bond motifs is 1. The van der Waals surface area contributed by atoms with Crippen LogP contribution in [0.1, 0.15) is 68.4 Å². The number of amides is 1. The van der Waals surface area contributed by atoms with Gasteiger partial charge in [0.1, 0.15) is 0 Å². The highest BCUT2D eigenvalue weighted by Crippen LogP contribution is 2.25. The third-order valence-electron chi connectivity index (χ3n) is 5.83. The van der Waals surface area contributed by atoms with Crippen molar-refractivity contribution in [2.24, 2.45) is 5.92 Å². The fourth-order valence-corrected chi connectivity index (χ4v) is 4.26. The van der Waals surface area contributed by atoms with Crippen molar-refractivity contribution < 1.29 is 11.0 Å². The van der Waals surface area contributed by atoms with Crippen molar-refractivity contribution in [2.75, 3.05) is 13.1 Å². The molecule has 1 atom stereocenters. The molecule has 0 spiro atoms. The second-order valence-corrected chi connectivity index (χ2v) is 7.75. The summed E-state index contributed by atoms with van der Waals surface area (Å²) in [5.41, 5.74) is 2.41. The topological polar surface area (TPSA) is 37.4 Å². The van der Waals surface area contributed by atoms with Crippen LogP contribution >= 0.6 is 0 Å². The summed E-state index contributed by atoms with van der Waals surface area (Å²) in [5.74, 6) is 3.02. The monoisotopic (exact) mass is 376 g/mol. The third kappa shape index (κ3) is 4.44. The Bertz CT molecular complexity index is 894. The zero-order chi connectivity index (χ0) is 19.9. The number of rotatable bonds is 7. The lowest BCUT2D eigenvalue weighted by atomic mass is 9.91. The van der Waals surface area contributed by atoms with Crippen molar-refractivity contribution in [2.45, 2.75) is 51.9 Å². The van der Waals surface area contributed by atoms with Gasteiger partial charge in [-0.25, -0.2) is 0 Å². The molecule has 0 N–H and O–H groups in total. The van der Waals surface area contributed by atoms with Gasteiger partial charge in [0.2, 0.25) is 5.91 Å². The molecule has 0 saturated carbocycles. The molecule has 1 saturated heterocycles. The van der Waals surface area contributed by atoms with Crippen molar-refractivity contribution in [3.63, 3.8) is 0 Å². The molecule has 2 aromatic rings. The Labute approximate surface area is 169 Å². The quantitative estimate of drug-likeness (QED) is 0.497.